The second-order valence-corrected chi connectivity index (χ2v) is 4.50. The number of urea groups is 1. The molecule has 0 aromatic carbocycles. The van der Waals surface area contributed by atoms with E-state index < -0.39 is 5.97 Å². The van der Waals surface area contributed by atoms with Gasteiger partial charge >= 0.3 is 12.0 Å². The zero-order valence-corrected chi connectivity index (χ0v) is 11.0. The number of nitrogens with zero attached hydrogens (tertiary/aromatic N) is 3. The van der Waals surface area contributed by atoms with Crippen LogP contribution in [0.2, 0.25) is 0 Å². The third kappa shape index (κ3) is 5.14. The summed E-state index contributed by atoms with van der Waals surface area (Å²) >= 11 is 0. The summed E-state index contributed by atoms with van der Waals surface area (Å²) in [5, 5.41) is 17.0. The molecule has 0 spiro atoms. The predicted octanol–water partition coefficient (Wildman–Crippen LogP) is 0.517. The van der Waals surface area contributed by atoms with E-state index in [0.29, 0.717) is 38.9 Å². The minimum Gasteiger partial charge on any atom is -0.480 e. The Morgan fingerprint density at radius 3 is 2.63 bits per heavy atom. The molecule has 0 saturated carbocycles. The van der Waals surface area contributed by atoms with Crippen LogP contribution in [0.1, 0.15) is 19.3 Å². The second kappa shape index (κ2) is 7.59. The molecular weight excluding hydrogens is 250 g/mol. The lowest BCUT2D eigenvalue weighted by Crippen LogP contribution is -2.47. The lowest BCUT2D eigenvalue weighted by molar-refractivity contribution is -0.145. The molecule has 1 rings (SSSR count). The molecule has 0 aromatic rings. The van der Waals surface area contributed by atoms with Crippen LogP contribution in [0.15, 0.2) is 0 Å². The van der Waals surface area contributed by atoms with Gasteiger partial charge in [-0.05, 0) is 12.8 Å². The van der Waals surface area contributed by atoms with Crippen LogP contribution >= 0.6 is 0 Å². The fourth-order valence-electron chi connectivity index (χ4n) is 1.96. The Bertz CT molecular complexity index is 358. The Morgan fingerprint density at radius 2 is 2.11 bits per heavy atom. The van der Waals surface area contributed by atoms with Gasteiger partial charge in [-0.25, -0.2) is 9.59 Å². The minimum atomic E-state index is -0.977. The zero-order valence-electron chi connectivity index (χ0n) is 11.0. The number of likely N-dealkylation sites (tertiary alicyclic amines) is 1. The SMILES string of the molecule is CN(CCC#N)C(=O)N1CCC(OCC(=O)O)CC1. The summed E-state index contributed by atoms with van der Waals surface area (Å²) < 4.78 is 5.20. The van der Waals surface area contributed by atoms with Crippen molar-refractivity contribution in [1.29, 1.82) is 5.26 Å². The van der Waals surface area contributed by atoms with E-state index >= 15 is 0 Å². The molecule has 19 heavy (non-hydrogen) atoms. The number of nitriles is 1. The Kier molecular flexibility index (Phi) is 6.09. The lowest BCUT2D eigenvalue weighted by atomic mass is 10.1. The number of hydrogen-bond donors (Lipinski definition) is 1. The lowest BCUT2D eigenvalue weighted by Gasteiger charge is -2.34. The summed E-state index contributed by atoms with van der Waals surface area (Å²) in [6.45, 7) is 1.24. The highest BCUT2D eigenvalue weighted by Crippen LogP contribution is 2.15. The summed E-state index contributed by atoms with van der Waals surface area (Å²) in [6.07, 6.45) is 1.51. The van der Waals surface area contributed by atoms with Gasteiger partial charge in [-0.2, -0.15) is 5.26 Å². The van der Waals surface area contributed by atoms with Gasteiger partial charge < -0.3 is 19.6 Å². The molecule has 0 bridgehead atoms. The smallest absolute Gasteiger partial charge is 0.329 e. The first-order chi connectivity index (χ1) is 9.04. The average molecular weight is 269 g/mol. The molecule has 1 heterocycles. The van der Waals surface area contributed by atoms with Gasteiger partial charge in [0.05, 0.1) is 18.6 Å². The number of amides is 2. The van der Waals surface area contributed by atoms with Crippen molar-refractivity contribution in [2.45, 2.75) is 25.4 Å². The van der Waals surface area contributed by atoms with Crippen LogP contribution in [0.3, 0.4) is 0 Å². The number of rotatable bonds is 5. The van der Waals surface area contributed by atoms with E-state index in [1.54, 1.807) is 11.9 Å². The second-order valence-electron chi connectivity index (χ2n) is 4.50. The molecule has 7 heteroatoms. The van der Waals surface area contributed by atoms with Crippen LogP contribution in [-0.2, 0) is 9.53 Å². The Morgan fingerprint density at radius 1 is 1.47 bits per heavy atom. The predicted molar refractivity (Wildman–Crippen MR) is 66.4 cm³/mol. The zero-order chi connectivity index (χ0) is 14.3. The number of carbonyl (C=O) groups excluding carboxylic acids is 1. The molecule has 1 N–H and O–H groups in total. The molecule has 0 radical (unpaired) electrons. The van der Waals surface area contributed by atoms with E-state index in [4.69, 9.17) is 15.1 Å². The fourth-order valence-corrected chi connectivity index (χ4v) is 1.96. The third-order valence-corrected chi connectivity index (χ3v) is 3.04. The summed E-state index contributed by atoms with van der Waals surface area (Å²) in [5.41, 5.74) is 0. The summed E-state index contributed by atoms with van der Waals surface area (Å²) in [7, 11) is 1.67. The molecule has 106 valence electrons. The first-order valence-corrected chi connectivity index (χ1v) is 6.25. The summed E-state index contributed by atoms with van der Waals surface area (Å²) in [6, 6.07) is 1.91. The van der Waals surface area contributed by atoms with E-state index in [1.165, 1.54) is 4.90 Å². The van der Waals surface area contributed by atoms with E-state index in [0.717, 1.165) is 0 Å². The van der Waals surface area contributed by atoms with Crippen molar-refractivity contribution in [3.05, 3.63) is 0 Å². The normalized spacial score (nSPS) is 15.9. The van der Waals surface area contributed by atoms with Crippen molar-refractivity contribution in [2.75, 3.05) is 33.3 Å². The highest BCUT2D eigenvalue weighted by molar-refractivity contribution is 5.74. The maximum absolute atomic E-state index is 12.0. The first-order valence-electron chi connectivity index (χ1n) is 6.25. The Hall–Kier alpha value is -1.81. The maximum atomic E-state index is 12.0. The highest BCUT2D eigenvalue weighted by Gasteiger charge is 2.25. The van der Waals surface area contributed by atoms with E-state index in [1.807, 2.05) is 6.07 Å². The van der Waals surface area contributed by atoms with Gasteiger partial charge in [0.1, 0.15) is 6.61 Å². The van der Waals surface area contributed by atoms with Crippen LogP contribution < -0.4 is 0 Å². The van der Waals surface area contributed by atoms with E-state index in [9.17, 15) is 9.59 Å². The maximum Gasteiger partial charge on any atom is 0.329 e. The van der Waals surface area contributed by atoms with Crippen LogP contribution in [0.25, 0.3) is 0 Å². The van der Waals surface area contributed by atoms with Crippen molar-refractivity contribution >= 4 is 12.0 Å². The number of carbonyl (C=O) groups is 2. The van der Waals surface area contributed by atoms with E-state index in [-0.39, 0.29) is 18.7 Å². The van der Waals surface area contributed by atoms with Gasteiger partial charge in [0, 0.05) is 26.7 Å². The Labute approximate surface area is 112 Å². The molecule has 0 aromatic heterocycles. The topological polar surface area (TPSA) is 93.9 Å². The molecule has 0 unspecified atom stereocenters. The number of carboxylic acids is 1. The van der Waals surface area contributed by atoms with Crippen LogP contribution in [0.4, 0.5) is 4.79 Å². The van der Waals surface area contributed by atoms with Gasteiger partial charge in [-0.1, -0.05) is 0 Å². The van der Waals surface area contributed by atoms with Gasteiger partial charge in [-0.3, -0.25) is 0 Å². The van der Waals surface area contributed by atoms with Crippen LogP contribution in [0.5, 0.6) is 0 Å². The van der Waals surface area contributed by atoms with Crippen LogP contribution in [0, 0.1) is 11.3 Å². The molecule has 1 aliphatic rings. The van der Waals surface area contributed by atoms with Crippen molar-refractivity contribution in [2.24, 2.45) is 0 Å². The number of aliphatic carboxylic acids is 1. The molecule has 1 saturated heterocycles. The quantitative estimate of drug-likeness (QED) is 0.785. The molecule has 1 fully saturated rings. The molecule has 0 aliphatic carbocycles. The molecule has 2 amide bonds. The van der Waals surface area contributed by atoms with Gasteiger partial charge in [0.15, 0.2) is 0 Å². The molecule has 1 aliphatic heterocycles. The molecule has 7 nitrogen and oxygen atoms in total. The molecule has 0 atom stereocenters. The van der Waals surface area contributed by atoms with Crippen molar-refractivity contribution in [3.8, 4) is 6.07 Å². The number of carboxylic acid groups (broad SMARTS) is 1. The van der Waals surface area contributed by atoms with Crippen LogP contribution in [-0.4, -0.2) is 66.3 Å². The fraction of sp³-hybridized carbons (Fsp3) is 0.750. The van der Waals surface area contributed by atoms with Crippen molar-refractivity contribution in [1.82, 2.24) is 9.80 Å². The van der Waals surface area contributed by atoms with E-state index in [2.05, 4.69) is 0 Å². The first kappa shape index (κ1) is 15.2. The molecular formula is C12H19N3O4. The average Bonchev–Trinajstić information content (AvgIpc) is 2.42. The number of hydrogen-bond acceptors (Lipinski definition) is 4. The standard InChI is InChI=1S/C12H19N3O4/c1-14(6-2-5-13)12(18)15-7-3-10(4-8-15)19-9-11(16)17/h10H,2-4,6-9H2,1H3,(H,16,17). The number of ether oxygens (including phenoxy) is 1. The van der Waals surface area contributed by atoms with Gasteiger partial charge in [-0.15, -0.1) is 0 Å². The number of piperidine rings is 1. The minimum absolute atomic E-state index is 0.0908. The monoisotopic (exact) mass is 269 g/mol. The summed E-state index contributed by atoms with van der Waals surface area (Å²) in [5.74, 6) is -0.977. The third-order valence-electron chi connectivity index (χ3n) is 3.04. The van der Waals surface area contributed by atoms with Crippen molar-refractivity contribution < 1.29 is 19.4 Å². The largest absolute Gasteiger partial charge is 0.480 e. The summed E-state index contributed by atoms with van der Waals surface area (Å²) in [4.78, 5) is 25.6. The van der Waals surface area contributed by atoms with Gasteiger partial charge in [0.25, 0.3) is 0 Å². The Balaban J connectivity index is 2.31. The van der Waals surface area contributed by atoms with Gasteiger partial charge in [0.2, 0.25) is 0 Å². The highest BCUT2D eigenvalue weighted by atomic mass is 16.5. The van der Waals surface area contributed by atoms with Crippen molar-refractivity contribution in [3.63, 3.8) is 0 Å².